The SMILES string of the molecule is C[C@]12CCC[C@]3(CO3)[C@@H]1C[C@@H]1[C@H](CNCCC3=CCCCC3)C(=O)O[C@@H]1C2. The second-order valence-corrected chi connectivity index (χ2v) is 10.2. The molecule has 5 aliphatic rings. The lowest BCUT2D eigenvalue weighted by atomic mass is 9.53. The Kier molecular flexibility index (Phi) is 4.63. The van der Waals surface area contributed by atoms with Crippen LogP contribution in [0.1, 0.15) is 71.1 Å². The van der Waals surface area contributed by atoms with Crippen molar-refractivity contribution in [3.63, 3.8) is 0 Å². The second kappa shape index (κ2) is 6.88. The lowest BCUT2D eigenvalue weighted by Gasteiger charge is -2.51. The van der Waals surface area contributed by atoms with Crippen LogP contribution in [-0.4, -0.2) is 37.4 Å². The van der Waals surface area contributed by atoms with Crippen molar-refractivity contribution in [3.05, 3.63) is 11.6 Å². The van der Waals surface area contributed by atoms with Crippen molar-refractivity contribution in [3.8, 4) is 0 Å². The number of ether oxygens (including phenoxy) is 2. The summed E-state index contributed by atoms with van der Waals surface area (Å²) in [6.07, 6.45) is 14.8. The van der Waals surface area contributed by atoms with Crippen LogP contribution in [0.3, 0.4) is 0 Å². The molecule has 1 N–H and O–H groups in total. The van der Waals surface area contributed by atoms with Gasteiger partial charge in [-0.3, -0.25) is 4.79 Å². The normalized spacial score (nSPS) is 45.8. The fourth-order valence-electron chi connectivity index (χ4n) is 6.83. The predicted molar refractivity (Wildman–Crippen MR) is 104 cm³/mol. The highest BCUT2D eigenvalue weighted by atomic mass is 16.6. The summed E-state index contributed by atoms with van der Waals surface area (Å²) < 4.78 is 11.9. The van der Waals surface area contributed by atoms with Crippen LogP contribution in [0.25, 0.3) is 0 Å². The lowest BCUT2D eigenvalue weighted by molar-refractivity contribution is -0.147. The van der Waals surface area contributed by atoms with Crippen molar-refractivity contribution < 1.29 is 14.3 Å². The van der Waals surface area contributed by atoms with Crippen LogP contribution < -0.4 is 5.32 Å². The van der Waals surface area contributed by atoms with Gasteiger partial charge in [0.05, 0.1) is 18.1 Å². The summed E-state index contributed by atoms with van der Waals surface area (Å²) in [5.74, 6) is 1.08. The molecular weight excluding hydrogens is 338 g/mol. The smallest absolute Gasteiger partial charge is 0.310 e. The summed E-state index contributed by atoms with van der Waals surface area (Å²) in [5.41, 5.74) is 2.05. The van der Waals surface area contributed by atoms with E-state index in [0.717, 1.165) is 39.0 Å². The number of carbonyl (C=O) groups excluding carboxylic acids is 1. The van der Waals surface area contributed by atoms with Gasteiger partial charge in [0.2, 0.25) is 0 Å². The number of hydrogen-bond donors (Lipinski definition) is 1. The summed E-state index contributed by atoms with van der Waals surface area (Å²) in [7, 11) is 0. The van der Waals surface area contributed by atoms with Gasteiger partial charge in [0.15, 0.2) is 0 Å². The molecule has 4 nitrogen and oxygen atoms in total. The van der Waals surface area contributed by atoms with Crippen molar-refractivity contribution in [2.45, 2.75) is 82.8 Å². The second-order valence-electron chi connectivity index (χ2n) is 10.2. The van der Waals surface area contributed by atoms with E-state index in [-0.39, 0.29) is 23.6 Å². The first-order valence-electron chi connectivity index (χ1n) is 11.3. The number of allylic oxidation sites excluding steroid dienone is 1. The van der Waals surface area contributed by atoms with Crippen LogP contribution in [0.15, 0.2) is 11.6 Å². The number of hydrogen-bond acceptors (Lipinski definition) is 4. The van der Waals surface area contributed by atoms with Crippen LogP contribution in [0.5, 0.6) is 0 Å². The minimum Gasteiger partial charge on any atom is -0.462 e. The van der Waals surface area contributed by atoms with Crippen LogP contribution in [-0.2, 0) is 14.3 Å². The molecule has 3 aliphatic carbocycles. The Balaban J connectivity index is 1.20. The molecule has 0 radical (unpaired) electrons. The predicted octanol–water partition coefficient (Wildman–Crippen LogP) is 3.99. The summed E-state index contributed by atoms with van der Waals surface area (Å²) in [6, 6.07) is 0. The maximum absolute atomic E-state index is 12.6. The highest BCUT2D eigenvalue weighted by Gasteiger charge is 2.64. The Morgan fingerprint density at radius 2 is 2.15 bits per heavy atom. The van der Waals surface area contributed by atoms with Crippen LogP contribution in [0.2, 0.25) is 0 Å². The molecule has 6 atom stereocenters. The van der Waals surface area contributed by atoms with E-state index in [9.17, 15) is 4.79 Å². The van der Waals surface area contributed by atoms with E-state index in [1.807, 2.05) is 0 Å². The van der Waals surface area contributed by atoms with Crippen molar-refractivity contribution in [2.24, 2.45) is 23.2 Å². The molecule has 4 fully saturated rings. The molecule has 4 heteroatoms. The maximum atomic E-state index is 12.6. The summed E-state index contributed by atoms with van der Waals surface area (Å²) in [4.78, 5) is 12.6. The molecule has 5 rings (SSSR count). The third-order valence-electron chi connectivity index (χ3n) is 8.45. The number of esters is 1. The van der Waals surface area contributed by atoms with Gasteiger partial charge < -0.3 is 14.8 Å². The first-order chi connectivity index (χ1) is 13.1. The minimum atomic E-state index is 0.0395. The lowest BCUT2D eigenvalue weighted by Crippen LogP contribution is -2.51. The van der Waals surface area contributed by atoms with Crippen molar-refractivity contribution in [1.29, 1.82) is 0 Å². The first-order valence-corrected chi connectivity index (χ1v) is 11.3. The zero-order chi connectivity index (χ0) is 18.5. The third-order valence-corrected chi connectivity index (χ3v) is 8.45. The van der Waals surface area contributed by atoms with Gasteiger partial charge in [0, 0.05) is 12.5 Å². The number of epoxide rings is 1. The van der Waals surface area contributed by atoms with Gasteiger partial charge in [-0.15, -0.1) is 0 Å². The molecular formula is C23H35NO3. The topological polar surface area (TPSA) is 50.9 Å². The summed E-state index contributed by atoms with van der Waals surface area (Å²) >= 11 is 0. The highest BCUT2D eigenvalue weighted by Crippen LogP contribution is 2.62. The monoisotopic (exact) mass is 373 g/mol. The van der Waals surface area contributed by atoms with Gasteiger partial charge in [0.1, 0.15) is 6.10 Å². The Labute approximate surface area is 163 Å². The third kappa shape index (κ3) is 3.27. The molecule has 2 aliphatic heterocycles. The van der Waals surface area contributed by atoms with Gasteiger partial charge >= 0.3 is 5.97 Å². The van der Waals surface area contributed by atoms with Crippen LogP contribution >= 0.6 is 0 Å². The minimum absolute atomic E-state index is 0.0395. The number of nitrogens with one attached hydrogen (secondary N) is 1. The average Bonchev–Trinajstić information content (AvgIpc) is 3.36. The van der Waals surface area contributed by atoms with Crippen LogP contribution in [0.4, 0.5) is 0 Å². The molecule has 0 unspecified atom stereocenters. The molecule has 0 aromatic carbocycles. The average molecular weight is 374 g/mol. The van der Waals surface area contributed by atoms with E-state index < -0.39 is 0 Å². The Morgan fingerprint density at radius 1 is 1.26 bits per heavy atom. The van der Waals surface area contributed by atoms with Gasteiger partial charge in [-0.05, 0) is 82.1 Å². The Morgan fingerprint density at radius 3 is 2.93 bits per heavy atom. The van der Waals surface area contributed by atoms with E-state index in [0.29, 0.717) is 17.3 Å². The molecule has 0 bridgehead atoms. The fraction of sp³-hybridized carbons (Fsp3) is 0.870. The van der Waals surface area contributed by atoms with E-state index in [1.54, 1.807) is 5.57 Å². The van der Waals surface area contributed by atoms with Crippen molar-refractivity contribution >= 4 is 5.97 Å². The van der Waals surface area contributed by atoms with Gasteiger partial charge in [-0.2, -0.15) is 0 Å². The molecule has 27 heavy (non-hydrogen) atoms. The summed E-state index contributed by atoms with van der Waals surface area (Å²) in [5, 5.41) is 3.58. The molecule has 2 saturated carbocycles. The van der Waals surface area contributed by atoms with E-state index in [1.165, 1.54) is 44.9 Å². The Hall–Kier alpha value is -0.870. The Bertz CT molecular complexity index is 625. The maximum Gasteiger partial charge on any atom is 0.310 e. The van der Waals surface area contributed by atoms with Crippen molar-refractivity contribution in [2.75, 3.05) is 19.7 Å². The fourth-order valence-corrected chi connectivity index (χ4v) is 6.83. The van der Waals surface area contributed by atoms with Crippen LogP contribution in [0, 0.1) is 23.2 Å². The molecule has 0 aromatic rings. The molecule has 0 aromatic heterocycles. The molecule has 0 amide bonds. The molecule has 150 valence electrons. The number of carbonyl (C=O) groups is 1. The standard InChI is InChI=1S/C23H35NO3/c1-22-9-5-10-23(15-26-23)20(22)12-17-18(21(25)27-19(17)13-22)14-24-11-8-16-6-3-2-4-7-16/h6,17-20,24H,2-5,7-15H2,1H3/t17-,18+,19-,20-,22-,23+/m1/s1. The first kappa shape index (κ1) is 18.2. The van der Waals surface area contributed by atoms with E-state index in [2.05, 4.69) is 18.3 Å². The highest BCUT2D eigenvalue weighted by molar-refractivity contribution is 5.75. The zero-order valence-corrected chi connectivity index (χ0v) is 16.8. The zero-order valence-electron chi connectivity index (χ0n) is 16.8. The van der Waals surface area contributed by atoms with Crippen molar-refractivity contribution in [1.82, 2.24) is 5.32 Å². The molecule has 2 saturated heterocycles. The van der Waals surface area contributed by atoms with Gasteiger partial charge in [-0.25, -0.2) is 0 Å². The quantitative estimate of drug-likeness (QED) is 0.343. The largest absolute Gasteiger partial charge is 0.462 e. The molecule has 1 spiro atoms. The number of rotatable bonds is 5. The number of fused-ring (bicyclic) bond motifs is 3. The summed E-state index contributed by atoms with van der Waals surface area (Å²) in [6.45, 7) is 5.14. The molecule has 2 heterocycles. The van der Waals surface area contributed by atoms with Gasteiger partial charge in [-0.1, -0.05) is 18.6 Å². The van der Waals surface area contributed by atoms with E-state index >= 15 is 0 Å². The van der Waals surface area contributed by atoms with Gasteiger partial charge in [0.25, 0.3) is 0 Å². The van der Waals surface area contributed by atoms with E-state index in [4.69, 9.17) is 9.47 Å².